The van der Waals surface area contributed by atoms with Gasteiger partial charge in [-0.3, -0.25) is 14.7 Å². The van der Waals surface area contributed by atoms with Crippen molar-refractivity contribution < 1.29 is 9.53 Å². The minimum Gasteiger partial charge on any atom is -0.493 e. The first kappa shape index (κ1) is 21.0. The zero-order valence-electron chi connectivity index (χ0n) is 18.2. The standard InChI is InChI=1S/C23H35N5O2/c1-24-23(25-17-19-9-16-30-21-8-4-3-7-20(19)21)28-14-12-26(13-15-28)18-22(29)27-10-5-2-6-11-27/h3-4,7-8,19H,2,5-6,9-18H2,1H3,(H,24,25). The van der Waals surface area contributed by atoms with Crippen LogP contribution in [0.2, 0.25) is 0 Å². The summed E-state index contributed by atoms with van der Waals surface area (Å²) in [7, 11) is 1.85. The van der Waals surface area contributed by atoms with E-state index in [0.717, 1.165) is 83.4 Å². The third-order valence-corrected chi connectivity index (χ3v) is 6.54. The first-order valence-electron chi connectivity index (χ1n) is 11.4. The van der Waals surface area contributed by atoms with E-state index in [1.807, 2.05) is 18.0 Å². The number of ether oxygens (including phenoxy) is 1. The minimum absolute atomic E-state index is 0.295. The summed E-state index contributed by atoms with van der Waals surface area (Å²) in [6.45, 7) is 7.66. The highest BCUT2D eigenvalue weighted by Crippen LogP contribution is 2.32. The molecule has 1 unspecified atom stereocenters. The van der Waals surface area contributed by atoms with Crippen molar-refractivity contribution in [1.29, 1.82) is 0 Å². The number of piperazine rings is 1. The van der Waals surface area contributed by atoms with Gasteiger partial charge in [-0.25, -0.2) is 0 Å². The second-order valence-corrected chi connectivity index (χ2v) is 8.50. The van der Waals surface area contributed by atoms with Gasteiger partial charge in [0.2, 0.25) is 5.91 Å². The Kier molecular flexibility index (Phi) is 7.10. The fraction of sp³-hybridized carbons (Fsp3) is 0.652. The van der Waals surface area contributed by atoms with E-state index in [2.05, 4.69) is 38.3 Å². The lowest BCUT2D eigenvalue weighted by molar-refractivity contribution is -0.133. The van der Waals surface area contributed by atoms with Crippen molar-refractivity contribution in [2.45, 2.75) is 31.6 Å². The first-order chi connectivity index (χ1) is 14.7. The number of nitrogens with one attached hydrogen (secondary N) is 1. The SMILES string of the molecule is CN=C(NCC1CCOc2ccccc21)N1CCN(CC(=O)N2CCCCC2)CC1. The molecule has 30 heavy (non-hydrogen) atoms. The molecule has 0 spiro atoms. The molecule has 2 fully saturated rings. The van der Waals surface area contributed by atoms with E-state index in [0.29, 0.717) is 18.4 Å². The lowest BCUT2D eigenvalue weighted by Crippen LogP contribution is -2.54. The van der Waals surface area contributed by atoms with Gasteiger partial charge in [-0.15, -0.1) is 0 Å². The molecule has 3 aliphatic heterocycles. The molecule has 1 atom stereocenters. The summed E-state index contributed by atoms with van der Waals surface area (Å²) in [6, 6.07) is 8.34. The zero-order valence-corrected chi connectivity index (χ0v) is 18.2. The molecule has 1 N–H and O–H groups in total. The topological polar surface area (TPSA) is 60.4 Å². The Labute approximate surface area is 180 Å². The number of hydrogen-bond acceptors (Lipinski definition) is 4. The van der Waals surface area contributed by atoms with Crippen LogP contribution in [0.5, 0.6) is 5.75 Å². The lowest BCUT2D eigenvalue weighted by atomic mass is 9.93. The van der Waals surface area contributed by atoms with E-state index in [1.165, 1.54) is 12.0 Å². The number of carbonyl (C=O) groups is 1. The first-order valence-corrected chi connectivity index (χ1v) is 11.4. The molecule has 7 heteroatoms. The Balaban J connectivity index is 1.24. The van der Waals surface area contributed by atoms with Crippen molar-refractivity contribution in [2.75, 3.05) is 66.0 Å². The lowest BCUT2D eigenvalue weighted by Gasteiger charge is -2.38. The number of nitrogens with zero attached hydrogens (tertiary/aromatic N) is 4. The second-order valence-electron chi connectivity index (χ2n) is 8.50. The van der Waals surface area contributed by atoms with Crippen LogP contribution in [0.15, 0.2) is 29.3 Å². The molecule has 0 radical (unpaired) electrons. The molecule has 4 rings (SSSR count). The van der Waals surface area contributed by atoms with Crippen molar-refractivity contribution in [3.63, 3.8) is 0 Å². The molecule has 0 saturated carbocycles. The third-order valence-electron chi connectivity index (χ3n) is 6.54. The zero-order chi connectivity index (χ0) is 20.8. The molecule has 164 valence electrons. The van der Waals surface area contributed by atoms with Gasteiger partial charge in [-0.2, -0.15) is 0 Å². The molecule has 0 bridgehead atoms. The summed E-state index contributed by atoms with van der Waals surface area (Å²) < 4.78 is 5.79. The van der Waals surface area contributed by atoms with Gasteiger partial charge in [-0.05, 0) is 37.3 Å². The molecule has 0 aromatic heterocycles. The van der Waals surface area contributed by atoms with Crippen molar-refractivity contribution in [3.05, 3.63) is 29.8 Å². The Morgan fingerprint density at radius 1 is 1.07 bits per heavy atom. The normalized spacial score (nSPS) is 23.0. The molecule has 0 aliphatic carbocycles. The second kappa shape index (κ2) is 10.2. The molecule has 2 saturated heterocycles. The van der Waals surface area contributed by atoms with Crippen LogP contribution in [0, 0.1) is 0 Å². The van der Waals surface area contributed by atoms with Crippen LogP contribution >= 0.6 is 0 Å². The summed E-state index contributed by atoms with van der Waals surface area (Å²) in [4.78, 5) is 23.7. The van der Waals surface area contributed by atoms with Crippen LogP contribution in [-0.4, -0.2) is 92.6 Å². The van der Waals surface area contributed by atoms with E-state index in [4.69, 9.17) is 4.74 Å². The minimum atomic E-state index is 0.295. The molecule has 1 amide bonds. The maximum atomic E-state index is 12.5. The average Bonchev–Trinajstić information content (AvgIpc) is 2.81. The number of benzene rings is 1. The number of fused-ring (bicyclic) bond motifs is 1. The maximum absolute atomic E-state index is 12.5. The highest BCUT2D eigenvalue weighted by Gasteiger charge is 2.25. The summed E-state index contributed by atoms with van der Waals surface area (Å²) in [5.41, 5.74) is 1.28. The number of amides is 1. The maximum Gasteiger partial charge on any atom is 0.236 e. The highest BCUT2D eigenvalue weighted by atomic mass is 16.5. The molecular formula is C23H35N5O2. The molecular weight excluding hydrogens is 378 g/mol. The predicted molar refractivity (Wildman–Crippen MR) is 119 cm³/mol. The van der Waals surface area contributed by atoms with Gasteiger partial charge in [0.1, 0.15) is 5.75 Å². The fourth-order valence-electron chi connectivity index (χ4n) is 4.73. The summed E-state index contributed by atoms with van der Waals surface area (Å²) in [5.74, 6) is 2.71. The van der Waals surface area contributed by atoms with Crippen molar-refractivity contribution >= 4 is 11.9 Å². The van der Waals surface area contributed by atoms with Crippen molar-refractivity contribution in [3.8, 4) is 5.75 Å². The van der Waals surface area contributed by atoms with Crippen LogP contribution in [-0.2, 0) is 4.79 Å². The van der Waals surface area contributed by atoms with Gasteiger partial charge in [-0.1, -0.05) is 18.2 Å². The molecule has 7 nitrogen and oxygen atoms in total. The number of aliphatic imine (C=N–C) groups is 1. The highest BCUT2D eigenvalue weighted by molar-refractivity contribution is 5.80. The number of para-hydroxylation sites is 1. The van der Waals surface area contributed by atoms with Gasteiger partial charge in [0.15, 0.2) is 5.96 Å². The Morgan fingerprint density at radius 2 is 1.83 bits per heavy atom. The summed E-state index contributed by atoms with van der Waals surface area (Å²) >= 11 is 0. The van der Waals surface area contributed by atoms with Gasteiger partial charge in [0.05, 0.1) is 13.2 Å². The number of likely N-dealkylation sites (tertiary alicyclic amines) is 1. The van der Waals surface area contributed by atoms with Crippen molar-refractivity contribution in [1.82, 2.24) is 20.0 Å². The number of carbonyl (C=O) groups excluding carboxylic acids is 1. The van der Waals surface area contributed by atoms with Crippen LogP contribution in [0.1, 0.15) is 37.2 Å². The van der Waals surface area contributed by atoms with Gasteiger partial charge in [0.25, 0.3) is 0 Å². The Hall–Kier alpha value is -2.28. The largest absolute Gasteiger partial charge is 0.493 e. The van der Waals surface area contributed by atoms with E-state index >= 15 is 0 Å². The quantitative estimate of drug-likeness (QED) is 0.602. The summed E-state index contributed by atoms with van der Waals surface area (Å²) in [5, 5.41) is 3.58. The molecule has 3 aliphatic rings. The fourth-order valence-corrected chi connectivity index (χ4v) is 4.73. The van der Waals surface area contributed by atoms with Gasteiger partial charge >= 0.3 is 0 Å². The van der Waals surface area contributed by atoms with Gasteiger partial charge in [0, 0.05) is 58.8 Å². The van der Waals surface area contributed by atoms with Crippen LogP contribution < -0.4 is 10.1 Å². The molecule has 1 aromatic rings. The average molecular weight is 414 g/mol. The van der Waals surface area contributed by atoms with E-state index < -0.39 is 0 Å². The third kappa shape index (κ3) is 5.06. The number of rotatable bonds is 4. The number of piperidine rings is 1. The van der Waals surface area contributed by atoms with Crippen molar-refractivity contribution in [2.24, 2.45) is 4.99 Å². The Bertz CT molecular complexity index is 739. The predicted octanol–water partition coefficient (Wildman–Crippen LogP) is 1.76. The van der Waals surface area contributed by atoms with Gasteiger partial charge < -0.3 is 19.9 Å². The van der Waals surface area contributed by atoms with E-state index in [1.54, 1.807) is 0 Å². The summed E-state index contributed by atoms with van der Waals surface area (Å²) in [6.07, 6.45) is 4.58. The van der Waals surface area contributed by atoms with Crippen LogP contribution in [0.25, 0.3) is 0 Å². The number of hydrogen-bond donors (Lipinski definition) is 1. The van der Waals surface area contributed by atoms with Crippen LogP contribution in [0.3, 0.4) is 0 Å². The van der Waals surface area contributed by atoms with E-state index in [9.17, 15) is 4.79 Å². The number of guanidine groups is 1. The van der Waals surface area contributed by atoms with Crippen LogP contribution in [0.4, 0.5) is 0 Å². The molecule has 1 aromatic carbocycles. The Morgan fingerprint density at radius 3 is 2.60 bits per heavy atom. The van der Waals surface area contributed by atoms with E-state index in [-0.39, 0.29) is 0 Å². The smallest absolute Gasteiger partial charge is 0.236 e. The molecule has 3 heterocycles. The monoisotopic (exact) mass is 413 g/mol.